The summed E-state index contributed by atoms with van der Waals surface area (Å²) in [4.78, 5) is 12.2. The molecule has 0 spiro atoms. The number of nitrogens with zero attached hydrogens (tertiary/aromatic N) is 6. The van der Waals surface area contributed by atoms with Gasteiger partial charge in [0, 0.05) is 35.5 Å². The maximum atomic E-state index is 16.7. The fourth-order valence-electron chi connectivity index (χ4n) is 7.10. The first-order valence-corrected chi connectivity index (χ1v) is 19.2. The SMILES string of the molecule is C=C(N)Sc1c(F)ccc(-c2c(S(F)(F)(F)(F)F)c3c4c(nc(OC)nc4c2F)N([C@H](C)c2cccnc2N)CCO3)c1C#N.FC1CC2CCCN2C1. The van der Waals surface area contributed by atoms with Gasteiger partial charge in [-0.05, 0) is 50.9 Å². The van der Waals surface area contributed by atoms with Crippen molar-refractivity contribution in [2.75, 3.05) is 44.0 Å². The lowest BCUT2D eigenvalue weighted by molar-refractivity contribution is 0.292. The number of nitrogen functional groups attached to an aromatic ring is 1. The van der Waals surface area contributed by atoms with E-state index in [1.165, 1.54) is 30.0 Å². The molecule has 54 heavy (non-hydrogen) atoms. The number of benzene rings is 2. The first kappa shape index (κ1) is 39.0. The van der Waals surface area contributed by atoms with Crippen LogP contribution in [-0.2, 0) is 0 Å². The van der Waals surface area contributed by atoms with Crippen LogP contribution < -0.4 is 25.8 Å². The van der Waals surface area contributed by atoms with Gasteiger partial charge in [0.05, 0.1) is 40.6 Å². The van der Waals surface area contributed by atoms with Crippen molar-refractivity contribution in [3.63, 3.8) is 0 Å². The predicted octanol–water partition coefficient (Wildman–Crippen LogP) is 8.76. The Morgan fingerprint density at radius 3 is 2.54 bits per heavy atom. The van der Waals surface area contributed by atoms with Crippen LogP contribution >= 0.6 is 22.0 Å². The quantitative estimate of drug-likeness (QED) is 0.137. The van der Waals surface area contributed by atoms with E-state index < -0.39 is 95.6 Å². The van der Waals surface area contributed by atoms with E-state index in [1.54, 1.807) is 19.1 Å². The highest BCUT2D eigenvalue weighted by molar-refractivity contribution is 8.46. The lowest BCUT2D eigenvalue weighted by Gasteiger charge is -2.42. The van der Waals surface area contributed by atoms with Crippen LogP contribution in [-0.4, -0.2) is 65.4 Å². The van der Waals surface area contributed by atoms with E-state index >= 15 is 23.8 Å². The van der Waals surface area contributed by atoms with Crippen LogP contribution in [0.1, 0.15) is 43.4 Å². The maximum Gasteiger partial charge on any atom is 0.318 e. The molecule has 4 N–H and O–H groups in total. The molecule has 2 unspecified atom stereocenters. The third-order valence-electron chi connectivity index (χ3n) is 9.35. The van der Waals surface area contributed by atoms with E-state index in [2.05, 4.69) is 26.4 Å². The average Bonchev–Trinajstić information content (AvgIpc) is 3.62. The van der Waals surface area contributed by atoms with Crippen LogP contribution in [0.3, 0.4) is 0 Å². The molecular weight excluding hydrogens is 769 g/mol. The van der Waals surface area contributed by atoms with Gasteiger partial charge < -0.3 is 25.8 Å². The number of rotatable bonds is 7. The molecule has 0 bridgehead atoms. The number of ether oxygens (including phenoxy) is 2. The van der Waals surface area contributed by atoms with Gasteiger partial charge in [-0.15, -0.1) is 0 Å². The van der Waals surface area contributed by atoms with Crippen molar-refractivity contribution < 1.29 is 42.1 Å². The van der Waals surface area contributed by atoms with Crippen LogP contribution in [0.15, 0.2) is 51.9 Å². The van der Waals surface area contributed by atoms with Crippen molar-refractivity contribution in [2.45, 2.75) is 54.2 Å². The summed E-state index contributed by atoms with van der Waals surface area (Å²) in [6.45, 7) is 5.95. The number of anilines is 2. The number of nitriles is 1. The summed E-state index contributed by atoms with van der Waals surface area (Å²) >= 11 is 0.347. The lowest BCUT2D eigenvalue weighted by Crippen LogP contribution is -2.31. The Kier molecular flexibility index (Phi) is 9.76. The van der Waals surface area contributed by atoms with Crippen LogP contribution in [0, 0.1) is 23.0 Å². The normalized spacial score (nSPS) is 20.1. The fourth-order valence-corrected chi connectivity index (χ4v) is 8.88. The summed E-state index contributed by atoms with van der Waals surface area (Å²) < 4.78 is 130. The monoisotopic (exact) mass is 802 g/mol. The molecule has 4 aromatic rings. The molecule has 5 heterocycles. The number of halogens is 8. The van der Waals surface area contributed by atoms with Gasteiger partial charge in [0.25, 0.3) is 0 Å². The highest BCUT2D eigenvalue weighted by atomic mass is 32.5. The van der Waals surface area contributed by atoms with Crippen molar-refractivity contribution in [1.29, 1.82) is 5.26 Å². The Balaban J connectivity index is 0.000000478. The largest absolute Gasteiger partial charge is 0.489 e. The van der Waals surface area contributed by atoms with Crippen LogP contribution in [0.4, 0.5) is 44.2 Å². The summed E-state index contributed by atoms with van der Waals surface area (Å²) in [5.74, 6) is -4.89. The lowest BCUT2D eigenvalue weighted by atomic mass is 9.97. The maximum absolute atomic E-state index is 16.7. The van der Waals surface area contributed by atoms with Crippen molar-refractivity contribution in [1.82, 2.24) is 19.9 Å². The average molecular weight is 803 g/mol. The second-order valence-electron chi connectivity index (χ2n) is 12.9. The molecule has 2 aromatic carbocycles. The number of pyridine rings is 1. The van der Waals surface area contributed by atoms with Gasteiger partial charge in [0.1, 0.15) is 41.8 Å². The van der Waals surface area contributed by atoms with Gasteiger partial charge in [-0.1, -0.05) is 43.8 Å². The van der Waals surface area contributed by atoms with Crippen molar-refractivity contribution >= 4 is 44.5 Å². The third kappa shape index (κ3) is 7.36. The molecule has 290 valence electrons. The second kappa shape index (κ2) is 13.5. The molecule has 2 aromatic heterocycles. The molecule has 3 aliphatic rings. The smallest absolute Gasteiger partial charge is 0.318 e. The molecule has 3 aliphatic heterocycles. The Morgan fingerprint density at radius 1 is 1.17 bits per heavy atom. The van der Waals surface area contributed by atoms with E-state index in [0.29, 0.717) is 42.0 Å². The van der Waals surface area contributed by atoms with Gasteiger partial charge in [-0.3, -0.25) is 4.90 Å². The molecule has 10 nitrogen and oxygen atoms in total. The second-order valence-corrected chi connectivity index (χ2v) is 16.4. The zero-order chi connectivity index (χ0) is 39.4. The molecule has 3 atom stereocenters. The number of methoxy groups -OCH3 is 1. The summed E-state index contributed by atoms with van der Waals surface area (Å²) in [6, 6.07) is 5.08. The topological polar surface area (TPSA) is 139 Å². The standard InChI is InChI=1S/C27H22F7N7O2S2.C7H12FN/c1-12(14-5-4-8-38-25(14)37)41-9-10-43-22-19-21(39-27(42-3)40-26(19)41)20(29)18(24(22)45(30,31,32,33)34)15-6-7-17(28)23(16(15)11-35)44-13(2)36;8-6-4-7-2-1-3-9(7)5-6/h4-8,12H,2,9-10,36H2,1,3H3,(H2,37,38);6-7H,1-5H2/t12-;/m1./s1. The Labute approximate surface area is 308 Å². The summed E-state index contributed by atoms with van der Waals surface area (Å²) in [6.07, 6.45) is 4.22. The molecule has 20 heteroatoms. The first-order valence-electron chi connectivity index (χ1n) is 16.4. The molecule has 0 saturated carbocycles. The fraction of sp³-hybridized carbons (Fsp3) is 0.353. The highest BCUT2D eigenvalue weighted by Gasteiger charge is 2.69. The van der Waals surface area contributed by atoms with Gasteiger partial charge in [0.2, 0.25) is 0 Å². The Morgan fingerprint density at radius 2 is 1.91 bits per heavy atom. The van der Waals surface area contributed by atoms with E-state index in [9.17, 15) is 14.0 Å². The molecule has 2 saturated heterocycles. The summed E-state index contributed by atoms with van der Waals surface area (Å²) in [5.41, 5.74) is 7.35. The molecule has 0 amide bonds. The van der Waals surface area contributed by atoms with Gasteiger partial charge in [0.15, 0.2) is 16.5 Å². The number of fused-ring (bicyclic) bond motifs is 1. The minimum atomic E-state index is -10.9. The van der Waals surface area contributed by atoms with Crippen LogP contribution in [0.5, 0.6) is 11.8 Å². The Hall–Kier alpha value is -4.74. The number of nitrogens with two attached hydrogens (primary N) is 2. The van der Waals surface area contributed by atoms with Crippen molar-refractivity contribution in [3.05, 3.63) is 64.8 Å². The Bertz CT molecular complexity index is 2200. The summed E-state index contributed by atoms with van der Waals surface area (Å²) in [7, 11) is -9.84. The van der Waals surface area contributed by atoms with E-state index in [-0.39, 0.29) is 17.4 Å². The van der Waals surface area contributed by atoms with Crippen LogP contribution in [0.2, 0.25) is 0 Å². The molecule has 0 radical (unpaired) electrons. The molecular formula is C34H34F8N8O2S2. The zero-order valence-electron chi connectivity index (χ0n) is 28.8. The van der Waals surface area contributed by atoms with Gasteiger partial charge in [-0.25, -0.2) is 18.2 Å². The molecule has 2 fully saturated rings. The molecule has 7 rings (SSSR count). The highest BCUT2D eigenvalue weighted by Crippen LogP contribution is 3.04. The number of thioether (sulfide) groups is 1. The van der Waals surface area contributed by atoms with E-state index in [4.69, 9.17) is 20.9 Å². The number of aromatic nitrogens is 3. The first-order chi connectivity index (χ1) is 25.2. The van der Waals surface area contributed by atoms with Crippen LogP contribution in [0.25, 0.3) is 22.0 Å². The summed E-state index contributed by atoms with van der Waals surface area (Å²) in [5, 5.41) is 8.76. The third-order valence-corrected chi connectivity index (χ3v) is 11.4. The van der Waals surface area contributed by atoms with Crippen molar-refractivity contribution in [2.24, 2.45) is 5.73 Å². The number of hydrogen-bond acceptors (Lipinski definition) is 11. The van der Waals surface area contributed by atoms with Crippen molar-refractivity contribution in [3.8, 4) is 29.0 Å². The van der Waals surface area contributed by atoms with E-state index in [0.717, 1.165) is 20.1 Å². The minimum absolute atomic E-state index is 0.0658. The minimum Gasteiger partial charge on any atom is -0.489 e. The van der Waals surface area contributed by atoms with Gasteiger partial charge >= 0.3 is 16.2 Å². The number of alkyl halides is 1. The van der Waals surface area contributed by atoms with E-state index in [1.807, 2.05) is 0 Å². The zero-order valence-corrected chi connectivity index (χ0v) is 30.4. The number of hydrogen-bond donors (Lipinski definition) is 2. The predicted molar refractivity (Wildman–Crippen MR) is 191 cm³/mol. The van der Waals surface area contributed by atoms with Gasteiger partial charge in [-0.2, -0.15) is 15.2 Å². The molecule has 0 aliphatic carbocycles.